The molecule has 0 unspecified atom stereocenters. The second-order valence-corrected chi connectivity index (χ2v) is 12.2. The van der Waals surface area contributed by atoms with E-state index in [1.165, 1.54) is 22.1 Å². The highest BCUT2D eigenvalue weighted by molar-refractivity contribution is 5.96. The summed E-state index contributed by atoms with van der Waals surface area (Å²) in [7, 11) is 0. The van der Waals surface area contributed by atoms with Crippen LogP contribution in [0.1, 0.15) is 25.0 Å². The van der Waals surface area contributed by atoms with Gasteiger partial charge in [0.25, 0.3) is 0 Å². The zero-order valence-electron chi connectivity index (χ0n) is 24.9. The summed E-state index contributed by atoms with van der Waals surface area (Å²) >= 11 is 0. The molecule has 0 N–H and O–H groups in total. The van der Waals surface area contributed by atoms with E-state index in [1.807, 2.05) is 54.6 Å². The lowest BCUT2D eigenvalue weighted by Crippen LogP contribution is -2.15. The fourth-order valence-corrected chi connectivity index (χ4v) is 6.88. The molecule has 1 aliphatic carbocycles. The van der Waals surface area contributed by atoms with Crippen molar-refractivity contribution >= 4 is 10.8 Å². The van der Waals surface area contributed by atoms with Crippen LogP contribution in [-0.4, -0.2) is 9.97 Å². The summed E-state index contributed by atoms with van der Waals surface area (Å²) in [6.07, 6.45) is 0. The minimum Gasteiger partial charge on any atom is -0.449 e. The SMILES string of the molecule is CC1(C)c2ccccc2-c2c1ccc1c2Oc2cc(-c3cc(-c4cccc5ccccc45)nc(-c4ccccc4)n3)ccc2O1. The van der Waals surface area contributed by atoms with Crippen LogP contribution in [-0.2, 0) is 5.41 Å². The Morgan fingerprint density at radius 2 is 1.24 bits per heavy atom. The van der Waals surface area contributed by atoms with Gasteiger partial charge in [0.05, 0.1) is 11.4 Å². The molecule has 45 heavy (non-hydrogen) atoms. The monoisotopic (exact) mass is 580 g/mol. The van der Waals surface area contributed by atoms with Crippen LogP contribution in [0.25, 0.3) is 55.8 Å². The number of hydrogen-bond donors (Lipinski definition) is 0. The molecule has 4 heteroatoms. The molecule has 0 atom stereocenters. The summed E-state index contributed by atoms with van der Waals surface area (Å²) in [5.41, 5.74) is 9.36. The van der Waals surface area contributed by atoms with Gasteiger partial charge in [0.15, 0.2) is 28.8 Å². The second-order valence-electron chi connectivity index (χ2n) is 12.2. The Kier molecular flexibility index (Phi) is 5.51. The molecule has 4 nitrogen and oxygen atoms in total. The van der Waals surface area contributed by atoms with Gasteiger partial charge in [-0.1, -0.05) is 117 Å². The van der Waals surface area contributed by atoms with Crippen molar-refractivity contribution in [2.75, 3.05) is 0 Å². The van der Waals surface area contributed by atoms with Crippen molar-refractivity contribution in [3.63, 3.8) is 0 Å². The zero-order valence-corrected chi connectivity index (χ0v) is 24.9. The molecular weight excluding hydrogens is 552 g/mol. The Balaban J connectivity index is 1.19. The van der Waals surface area contributed by atoms with Crippen LogP contribution in [0.15, 0.2) is 133 Å². The third-order valence-corrected chi connectivity index (χ3v) is 9.16. The fraction of sp³-hybridized carbons (Fsp3) is 0.0732. The molecule has 2 aliphatic rings. The lowest BCUT2D eigenvalue weighted by molar-refractivity contribution is 0.360. The number of nitrogens with zero attached hydrogens (tertiary/aromatic N) is 2. The Morgan fingerprint density at radius 1 is 0.511 bits per heavy atom. The molecule has 0 saturated carbocycles. The van der Waals surface area contributed by atoms with E-state index in [9.17, 15) is 0 Å². The van der Waals surface area contributed by atoms with Crippen molar-refractivity contribution in [1.82, 2.24) is 9.97 Å². The van der Waals surface area contributed by atoms with Crippen LogP contribution >= 0.6 is 0 Å². The highest BCUT2D eigenvalue weighted by Gasteiger charge is 2.39. The first-order chi connectivity index (χ1) is 22.0. The molecule has 0 saturated heterocycles. The number of rotatable bonds is 3. The molecular formula is C41H28N2O2. The van der Waals surface area contributed by atoms with Crippen molar-refractivity contribution in [2.24, 2.45) is 0 Å². The third-order valence-electron chi connectivity index (χ3n) is 9.16. The van der Waals surface area contributed by atoms with Gasteiger partial charge in [-0.2, -0.15) is 0 Å². The van der Waals surface area contributed by atoms with Crippen molar-refractivity contribution in [3.05, 3.63) is 145 Å². The Labute approximate surface area is 261 Å². The molecule has 1 aromatic heterocycles. The van der Waals surface area contributed by atoms with Gasteiger partial charge in [-0.15, -0.1) is 0 Å². The molecule has 1 aliphatic heterocycles. The van der Waals surface area contributed by atoms with Crippen molar-refractivity contribution in [1.29, 1.82) is 0 Å². The summed E-state index contributed by atoms with van der Waals surface area (Å²) in [6.45, 7) is 4.54. The van der Waals surface area contributed by atoms with E-state index in [0.717, 1.165) is 50.5 Å². The highest BCUT2D eigenvalue weighted by atomic mass is 16.6. The molecule has 7 aromatic rings. The Hall–Kier alpha value is -5.74. The first-order valence-electron chi connectivity index (χ1n) is 15.2. The van der Waals surface area contributed by atoms with Gasteiger partial charge in [0.2, 0.25) is 0 Å². The average Bonchev–Trinajstić information content (AvgIpc) is 3.33. The standard InChI is InChI=1S/C41H28N2O2/c1-41(2)31-18-9-8-16-30(31)38-32(41)20-22-36-39(38)45-37-23-27(19-21-35(37)44-36)33-24-34(43-40(42-33)26-12-4-3-5-13-26)29-17-10-14-25-11-6-7-15-28(25)29/h3-24H,1-2H3. The van der Waals surface area contributed by atoms with Gasteiger partial charge < -0.3 is 9.47 Å². The molecule has 2 heterocycles. The number of hydrogen-bond acceptors (Lipinski definition) is 4. The molecule has 0 spiro atoms. The minimum absolute atomic E-state index is 0.126. The Bertz CT molecular complexity index is 2300. The van der Waals surface area contributed by atoms with Crippen LogP contribution < -0.4 is 9.47 Å². The quantitative estimate of drug-likeness (QED) is 0.208. The smallest absolute Gasteiger partial charge is 0.178 e. The molecule has 9 rings (SSSR count). The van der Waals surface area contributed by atoms with E-state index >= 15 is 0 Å². The first kappa shape index (κ1) is 25.7. The highest BCUT2D eigenvalue weighted by Crippen LogP contribution is 2.58. The van der Waals surface area contributed by atoms with Gasteiger partial charge in [0.1, 0.15) is 0 Å². The third kappa shape index (κ3) is 3.99. The summed E-state index contributed by atoms with van der Waals surface area (Å²) in [4.78, 5) is 10.1. The molecule has 0 amide bonds. The fourth-order valence-electron chi connectivity index (χ4n) is 6.88. The number of benzene rings is 6. The van der Waals surface area contributed by atoms with Crippen molar-refractivity contribution in [2.45, 2.75) is 19.3 Å². The summed E-state index contributed by atoms with van der Waals surface area (Å²) in [5.74, 6) is 3.52. The largest absolute Gasteiger partial charge is 0.449 e. The predicted octanol–water partition coefficient (Wildman–Crippen LogP) is 10.8. The first-order valence-corrected chi connectivity index (χ1v) is 15.2. The van der Waals surface area contributed by atoms with Gasteiger partial charge in [0, 0.05) is 27.7 Å². The van der Waals surface area contributed by atoms with E-state index in [2.05, 4.69) is 92.7 Å². The summed E-state index contributed by atoms with van der Waals surface area (Å²) < 4.78 is 13.2. The second kappa shape index (κ2) is 9.63. The van der Waals surface area contributed by atoms with Crippen LogP contribution in [0, 0.1) is 0 Å². The van der Waals surface area contributed by atoms with Crippen LogP contribution in [0.2, 0.25) is 0 Å². The predicted molar refractivity (Wildman–Crippen MR) is 180 cm³/mol. The van der Waals surface area contributed by atoms with Crippen molar-refractivity contribution < 1.29 is 9.47 Å². The number of ether oxygens (including phenoxy) is 2. The van der Waals surface area contributed by atoms with Gasteiger partial charge >= 0.3 is 0 Å². The molecule has 0 fully saturated rings. The van der Waals surface area contributed by atoms with Crippen LogP contribution in [0.4, 0.5) is 0 Å². The molecule has 0 bridgehead atoms. The van der Waals surface area contributed by atoms with E-state index in [4.69, 9.17) is 19.4 Å². The van der Waals surface area contributed by atoms with Gasteiger partial charge in [-0.05, 0) is 57.8 Å². The molecule has 6 aromatic carbocycles. The molecule has 0 radical (unpaired) electrons. The number of aromatic nitrogens is 2. The lowest BCUT2D eigenvalue weighted by atomic mass is 9.82. The van der Waals surface area contributed by atoms with E-state index in [0.29, 0.717) is 17.3 Å². The van der Waals surface area contributed by atoms with Crippen molar-refractivity contribution in [3.8, 4) is 68.0 Å². The van der Waals surface area contributed by atoms with Crippen LogP contribution in [0.3, 0.4) is 0 Å². The Morgan fingerprint density at radius 3 is 2.16 bits per heavy atom. The normalized spacial score (nSPS) is 13.6. The maximum Gasteiger partial charge on any atom is 0.178 e. The summed E-state index contributed by atoms with van der Waals surface area (Å²) in [5, 5.41) is 2.33. The number of fused-ring (bicyclic) bond motifs is 7. The maximum atomic E-state index is 6.75. The zero-order chi connectivity index (χ0) is 30.1. The van der Waals surface area contributed by atoms with E-state index in [-0.39, 0.29) is 5.41 Å². The maximum absolute atomic E-state index is 6.75. The molecule has 214 valence electrons. The van der Waals surface area contributed by atoms with Gasteiger partial charge in [-0.3, -0.25) is 0 Å². The lowest BCUT2D eigenvalue weighted by Gasteiger charge is -2.25. The van der Waals surface area contributed by atoms with Gasteiger partial charge in [-0.25, -0.2) is 9.97 Å². The summed E-state index contributed by atoms with van der Waals surface area (Å²) in [6, 6.07) is 45.8. The van der Waals surface area contributed by atoms with E-state index in [1.54, 1.807) is 0 Å². The topological polar surface area (TPSA) is 44.2 Å². The average molecular weight is 581 g/mol. The minimum atomic E-state index is -0.126. The van der Waals surface area contributed by atoms with Crippen LogP contribution in [0.5, 0.6) is 23.0 Å². The van der Waals surface area contributed by atoms with E-state index < -0.39 is 0 Å².